The molecule has 29 heavy (non-hydrogen) atoms. The third-order valence-corrected chi connectivity index (χ3v) is 4.39. The molecule has 0 saturated heterocycles. The van der Waals surface area contributed by atoms with Gasteiger partial charge in [-0.05, 0) is 30.7 Å². The van der Waals surface area contributed by atoms with Crippen LogP contribution in [-0.2, 0) is 16.0 Å². The Balaban J connectivity index is 1.46. The highest BCUT2D eigenvalue weighted by atomic mass is 16.5. The van der Waals surface area contributed by atoms with Gasteiger partial charge in [0.15, 0.2) is 11.7 Å². The van der Waals surface area contributed by atoms with E-state index in [0.29, 0.717) is 36.5 Å². The average molecular weight is 393 g/mol. The zero-order valence-corrected chi connectivity index (χ0v) is 16.4. The number of carbonyl (C=O) groups is 2. The predicted octanol–water partition coefficient (Wildman–Crippen LogP) is 4.51. The van der Waals surface area contributed by atoms with Gasteiger partial charge in [-0.1, -0.05) is 30.3 Å². The van der Waals surface area contributed by atoms with Gasteiger partial charge in [0.05, 0.1) is 13.3 Å². The van der Waals surface area contributed by atoms with Crippen molar-refractivity contribution in [2.45, 2.75) is 19.3 Å². The first-order valence-electron chi connectivity index (χ1n) is 9.28. The largest absolute Gasteiger partial charge is 0.452 e. The Morgan fingerprint density at radius 3 is 2.52 bits per heavy atom. The first kappa shape index (κ1) is 20.1. The summed E-state index contributed by atoms with van der Waals surface area (Å²) in [4.78, 5) is 29.3. The van der Waals surface area contributed by atoms with Crippen LogP contribution in [-0.4, -0.2) is 31.1 Å². The second-order valence-corrected chi connectivity index (χ2v) is 6.46. The molecule has 0 aliphatic rings. The first-order chi connectivity index (χ1) is 14.1. The number of amides is 2. The Hall–Kier alpha value is -3.61. The van der Waals surface area contributed by atoms with Crippen molar-refractivity contribution in [1.82, 2.24) is 4.98 Å². The number of anilines is 2. The molecule has 2 amide bonds. The second-order valence-electron chi connectivity index (χ2n) is 6.46. The van der Waals surface area contributed by atoms with E-state index in [4.69, 9.17) is 4.42 Å². The molecule has 0 fully saturated rings. The number of methoxy groups -OCH3 is 1. The van der Waals surface area contributed by atoms with E-state index in [-0.39, 0.29) is 5.91 Å². The second kappa shape index (κ2) is 9.54. The van der Waals surface area contributed by atoms with Crippen molar-refractivity contribution >= 4 is 23.4 Å². The molecule has 0 aliphatic heterocycles. The van der Waals surface area contributed by atoms with Gasteiger partial charge >= 0.3 is 6.09 Å². The summed E-state index contributed by atoms with van der Waals surface area (Å²) in [6.07, 6.45) is 2.82. The van der Waals surface area contributed by atoms with Gasteiger partial charge in [-0.3, -0.25) is 9.69 Å². The molecule has 150 valence electrons. The maximum Gasteiger partial charge on any atom is 0.413 e. The smallest absolute Gasteiger partial charge is 0.413 e. The number of benzene rings is 2. The van der Waals surface area contributed by atoms with Crippen molar-refractivity contribution in [3.63, 3.8) is 0 Å². The number of hydrogen-bond donors (Lipinski definition) is 1. The molecule has 0 spiro atoms. The van der Waals surface area contributed by atoms with Gasteiger partial charge in [0, 0.05) is 36.8 Å². The van der Waals surface area contributed by atoms with Crippen LogP contribution in [0.3, 0.4) is 0 Å². The topological polar surface area (TPSA) is 84.7 Å². The van der Waals surface area contributed by atoms with E-state index in [1.54, 1.807) is 37.5 Å². The van der Waals surface area contributed by atoms with Crippen LogP contribution in [0.2, 0.25) is 0 Å². The van der Waals surface area contributed by atoms with Crippen LogP contribution < -0.4 is 10.2 Å². The summed E-state index contributed by atoms with van der Waals surface area (Å²) in [5, 5.41) is 2.84. The van der Waals surface area contributed by atoms with Crippen molar-refractivity contribution in [1.29, 1.82) is 0 Å². The van der Waals surface area contributed by atoms with Crippen molar-refractivity contribution in [2.75, 3.05) is 24.4 Å². The lowest BCUT2D eigenvalue weighted by Crippen LogP contribution is -2.25. The summed E-state index contributed by atoms with van der Waals surface area (Å²) in [6.45, 7) is 0. The highest BCUT2D eigenvalue weighted by Gasteiger charge is 2.11. The fourth-order valence-corrected chi connectivity index (χ4v) is 2.80. The molecule has 1 aromatic heterocycles. The summed E-state index contributed by atoms with van der Waals surface area (Å²) < 4.78 is 10.4. The fraction of sp³-hybridized carbons (Fsp3) is 0.227. The third kappa shape index (κ3) is 5.44. The number of hydrogen-bond acceptors (Lipinski definition) is 5. The molecule has 0 radical (unpaired) electrons. The van der Waals surface area contributed by atoms with Crippen LogP contribution in [0, 0.1) is 0 Å². The lowest BCUT2D eigenvalue weighted by atomic mass is 10.2. The molecule has 7 nitrogen and oxygen atoms in total. The van der Waals surface area contributed by atoms with Crippen molar-refractivity contribution in [3.8, 4) is 11.3 Å². The van der Waals surface area contributed by atoms with Gasteiger partial charge in [-0.15, -0.1) is 0 Å². The number of nitrogens with zero attached hydrogens (tertiary/aromatic N) is 2. The number of aryl methyl sites for hydroxylation is 1. The Morgan fingerprint density at radius 1 is 1.10 bits per heavy atom. The van der Waals surface area contributed by atoms with E-state index in [2.05, 4.69) is 15.0 Å². The molecular formula is C22H23N3O4. The van der Waals surface area contributed by atoms with Crippen LogP contribution >= 0.6 is 0 Å². The number of ether oxygens (including phenoxy) is 1. The Labute approximate surface area is 169 Å². The van der Waals surface area contributed by atoms with Gasteiger partial charge in [0.2, 0.25) is 5.91 Å². The maximum atomic E-state index is 12.2. The molecule has 2 aromatic carbocycles. The first-order valence-corrected chi connectivity index (χ1v) is 9.28. The number of carbonyl (C=O) groups excluding carboxylic acids is 2. The Bertz CT molecular complexity index is 952. The molecular weight excluding hydrogens is 370 g/mol. The van der Waals surface area contributed by atoms with Gasteiger partial charge in [-0.2, -0.15) is 0 Å². The highest BCUT2D eigenvalue weighted by Crippen LogP contribution is 2.21. The summed E-state index contributed by atoms with van der Waals surface area (Å²) in [5.74, 6) is 1.25. The summed E-state index contributed by atoms with van der Waals surface area (Å²) >= 11 is 0. The molecule has 0 saturated carbocycles. The van der Waals surface area contributed by atoms with Gasteiger partial charge in [-0.25, -0.2) is 9.78 Å². The molecule has 0 bridgehead atoms. The van der Waals surface area contributed by atoms with E-state index in [1.807, 2.05) is 30.3 Å². The van der Waals surface area contributed by atoms with Crippen molar-refractivity contribution in [3.05, 3.63) is 66.7 Å². The van der Waals surface area contributed by atoms with Gasteiger partial charge in [0.25, 0.3) is 0 Å². The molecule has 0 aliphatic carbocycles. The van der Waals surface area contributed by atoms with Crippen LogP contribution in [0.5, 0.6) is 0 Å². The predicted molar refractivity (Wildman–Crippen MR) is 111 cm³/mol. The molecule has 7 heteroatoms. The van der Waals surface area contributed by atoms with Gasteiger partial charge in [0.1, 0.15) is 0 Å². The molecule has 0 atom stereocenters. The van der Waals surface area contributed by atoms with Crippen molar-refractivity contribution < 1.29 is 18.7 Å². The molecule has 3 aromatic rings. The summed E-state index contributed by atoms with van der Waals surface area (Å²) in [7, 11) is 2.94. The van der Waals surface area contributed by atoms with Crippen LogP contribution in [0.15, 0.2) is 65.2 Å². The average Bonchev–Trinajstić information content (AvgIpc) is 3.23. The van der Waals surface area contributed by atoms with Crippen molar-refractivity contribution in [2.24, 2.45) is 0 Å². The highest BCUT2D eigenvalue weighted by molar-refractivity contribution is 5.91. The van der Waals surface area contributed by atoms with E-state index < -0.39 is 6.09 Å². The van der Waals surface area contributed by atoms with Gasteiger partial charge < -0.3 is 14.5 Å². The quantitative estimate of drug-likeness (QED) is 0.639. The minimum Gasteiger partial charge on any atom is -0.452 e. The zero-order valence-electron chi connectivity index (χ0n) is 16.4. The Morgan fingerprint density at radius 2 is 1.83 bits per heavy atom. The van der Waals surface area contributed by atoms with E-state index >= 15 is 0 Å². The summed E-state index contributed by atoms with van der Waals surface area (Å²) in [6, 6.07) is 16.7. The number of aromatic nitrogens is 1. The van der Waals surface area contributed by atoms with E-state index in [9.17, 15) is 9.59 Å². The third-order valence-electron chi connectivity index (χ3n) is 4.39. The lowest BCUT2D eigenvalue weighted by Gasteiger charge is -2.15. The zero-order chi connectivity index (χ0) is 20.6. The standard InChI is InChI=1S/C22H23N3O4/c1-25(22(27)28-2)18-13-11-17(12-14-18)24-20(26)9-6-10-21-23-15-19(29-21)16-7-4-3-5-8-16/h3-5,7-8,11-15H,6,9-10H2,1-2H3,(H,24,26). The SMILES string of the molecule is COC(=O)N(C)c1ccc(NC(=O)CCCc2ncc(-c3ccccc3)o2)cc1. The number of oxazole rings is 1. The molecule has 0 unspecified atom stereocenters. The minimum absolute atomic E-state index is 0.0890. The van der Waals surface area contributed by atoms with Crippen LogP contribution in [0.4, 0.5) is 16.2 Å². The minimum atomic E-state index is -0.455. The maximum absolute atomic E-state index is 12.2. The molecule has 1 N–H and O–H groups in total. The number of nitrogens with one attached hydrogen (secondary N) is 1. The van der Waals surface area contributed by atoms with Crippen LogP contribution in [0.25, 0.3) is 11.3 Å². The molecule has 1 heterocycles. The monoisotopic (exact) mass is 393 g/mol. The number of rotatable bonds is 7. The van der Waals surface area contributed by atoms with Crippen LogP contribution in [0.1, 0.15) is 18.7 Å². The van der Waals surface area contributed by atoms with E-state index in [1.165, 1.54) is 12.0 Å². The lowest BCUT2D eigenvalue weighted by molar-refractivity contribution is -0.116. The normalized spacial score (nSPS) is 10.4. The Kier molecular flexibility index (Phi) is 6.63. The summed E-state index contributed by atoms with van der Waals surface area (Å²) in [5.41, 5.74) is 2.32. The van der Waals surface area contributed by atoms with E-state index in [0.717, 1.165) is 11.3 Å². The molecule has 3 rings (SSSR count). The fourth-order valence-electron chi connectivity index (χ4n) is 2.80.